The van der Waals surface area contributed by atoms with Crippen molar-refractivity contribution in [1.82, 2.24) is 10.2 Å². The van der Waals surface area contributed by atoms with Gasteiger partial charge >= 0.3 is 0 Å². The zero-order valence-corrected chi connectivity index (χ0v) is 13.1. The zero-order chi connectivity index (χ0) is 14.2. The van der Waals surface area contributed by atoms with Crippen LogP contribution in [0, 0.1) is 0 Å². The van der Waals surface area contributed by atoms with E-state index in [9.17, 15) is 0 Å². The lowest BCUT2D eigenvalue weighted by Crippen LogP contribution is -2.39. The van der Waals surface area contributed by atoms with E-state index in [-0.39, 0.29) is 0 Å². The predicted molar refractivity (Wildman–Crippen MR) is 86.9 cm³/mol. The summed E-state index contributed by atoms with van der Waals surface area (Å²) >= 11 is 0. The highest BCUT2D eigenvalue weighted by atomic mass is 15.2. The minimum absolute atomic E-state index is 0.695. The Morgan fingerprint density at radius 3 is 2.75 bits per heavy atom. The van der Waals surface area contributed by atoms with E-state index in [1.54, 1.807) is 0 Å². The van der Waals surface area contributed by atoms with Crippen molar-refractivity contribution in [2.45, 2.75) is 64.6 Å². The lowest BCUT2D eigenvalue weighted by Gasteiger charge is -2.22. The molecule has 0 spiro atoms. The summed E-state index contributed by atoms with van der Waals surface area (Å²) in [6, 6.07) is 12.3. The van der Waals surface area contributed by atoms with Crippen molar-refractivity contribution in [3.8, 4) is 0 Å². The van der Waals surface area contributed by atoms with Crippen molar-refractivity contribution in [2.75, 3.05) is 13.1 Å². The molecule has 1 N–H and O–H groups in total. The van der Waals surface area contributed by atoms with Gasteiger partial charge in [-0.2, -0.15) is 0 Å². The number of benzene rings is 1. The summed E-state index contributed by atoms with van der Waals surface area (Å²) in [4.78, 5) is 2.58. The molecule has 0 radical (unpaired) electrons. The number of unbranched alkanes of at least 4 members (excludes halogenated alkanes) is 1. The summed E-state index contributed by atoms with van der Waals surface area (Å²) in [5, 5.41) is 3.87. The smallest absolute Gasteiger partial charge is 0.0234 e. The van der Waals surface area contributed by atoms with Crippen molar-refractivity contribution in [1.29, 1.82) is 0 Å². The van der Waals surface area contributed by atoms with Gasteiger partial charge in [-0.1, -0.05) is 57.0 Å². The molecule has 1 aromatic rings. The van der Waals surface area contributed by atoms with E-state index < -0.39 is 0 Å². The Morgan fingerprint density at radius 1 is 1.25 bits per heavy atom. The van der Waals surface area contributed by atoms with Gasteiger partial charge in [0.2, 0.25) is 0 Å². The first-order valence-electron chi connectivity index (χ1n) is 8.34. The monoisotopic (exact) mass is 274 g/mol. The molecular formula is C18H30N2. The fourth-order valence-corrected chi connectivity index (χ4v) is 3.14. The zero-order valence-electron chi connectivity index (χ0n) is 13.1. The van der Waals surface area contributed by atoms with E-state index in [1.165, 1.54) is 50.8 Å². The minimum atomic E-state index is 0.695. The highest BCUT2D eigenvalue weighted by Gasteiger charge is 2.23. The van der Waals surface area contributed by atoms with Crippen LogP contribution in [-0.4, -0.2) is 30.1 Å². The Labute approximate surface area is 124 Å². The standard InChI is InChI=1S/C18H30N2/c1-3-5-11-17(4-2)19-18-12-13-20(15-18)14-16-9-7-6-8-10-16/h6-10,17-19H,3-5,11-15H2,1-2H3. The molecule has 1 fully saturated rings. The highest BCUT2D eigenvalue weighted by molar-refractivity contribution is 5.14. The van der Waals surface area contributed by atoms with Gasteiger partial charge in [-0.3, -0.25) is 4.90 Å². The third-order valence-electron chi connectivity index (χ3n) is 4.39. The van der Waals surface area contributed by atoms with Gasteiger partial charge in [0.15, 0.2) is 0 Å². The van der Waals surface area contributed by atoms with Crippen molar-refractivity contribution in [3.63, 3.8) is 0 Å². The summed E-state index contributed by atoms with van der Waals surface area (Å²) in [6.07, 6.45) is 6.56. The summed E-state index contributed by atoms with van der Waals surface area (Å²) in [5.74, 6) is 0. The molecule has 1 aliphatic heterocycles. The summed E-state index contributed by atoms with van der Waals surface area (Å²) in [6.45, 7) is 8.13. The number of hydrogen-bond donors (Lipinski definition) is 1. The van der Waals surface area contributed by atoms with Crippen LogP contribution in [0.25, 0.3) is 0 Å². The second-order valence-corrected chi connectivity index (χ2v) is 6.12. The quantitative estimate of drug-likeness (QED) is 0.775. The minimum Gasteiger partial charge on any atom is -0.310 e. The molecule has 2 atom stereocenters. The van der Waals surface area contributed by atoms with Crippen LogP contribution in [0.2, 0.25) is 0 Å². The Morgan fingerprint density at radius 2 is 2.05 bits per heavy atom. The average Bonchev–Trinajstić information content (AvgIpc) is 2.91. The maximum absolute atomic E-state index is 3.87. The second-order valence-electron chi connectivity index (χ2n) is 6.12. The van der Waals surface area contributed by atoms with Crippen LogP contribution >= 0.6 is 0 Å². The van der Waals surface area contributed by atoms with Gasteiger partial charge in [0.05, 0.1) is 0 Å². The molecular weight excluding hydrogens is 244 g/mol. The summed E-state index contributed by atoms with van der Waals surface area (Å²) in [5.41, 5.74) is 1.44. The van der Waals surface area contributed by atoms with Gasteiger partial charge in [-0.15, -0.1) is 0 Å². The lowest BCUT2D eigenvalue weighted by atomic mass is 10.1. The Kier molecular flexibility index (Phi) is 6.55. The molecule has 1 heterocycles. The Hall–Kier alpha value is -0.860. The van der Waals surface area contributed by atoms with Gasteiger partial charge < -0.3 is 5.32 Å². The van der Waals surface area contributed by atoms with E-state index >= 15 is 0 Å². The third kappa shape index (κ3) is 4.92. The first-order chi connectivity index (χ1) is 9.81. The maximum atomic E-state index is 3.87. The maximum Gasteiger partial charge on any atom is 0.0234 e. The second kappa shape index (κ2) is 8.43. The van der Waals surface area contributed by atoms with Crippen molar-refractivity contribution >= 4 is 0 Å². The number of rotatable bonds is 8. The van der Waals surface area contributed by atoms with E-state index in [2.05, 4.69) is 54.4 Å². The normalized spacial score (nSPS) is 21.2. The molecule has 2 rings (SSSR count). The lowest BCUT2D eigenvalue weighted by molar-refractivity contribution is 0.310. The van der Waals surface area contributed by atoms with Gasteiger partial charge in [0, 0.05) is 31.7 Å². The first kappa shape index (κ1) is 15.5. The molecule has 0 bridgehead atoms. The number of nitrogens with one attached hydrogen (secondary N) is 1. The molecule has 20 heavy (non-hydrogen) atoms. The summed E-state index contributed by atoms with van der Waals surface area (Å²) < 4.78 is 0. The van der Waals surface area contributed by atoms with Gasteiger partial charge in [0.25, 0.3) is 0 Å². The third-order valence-corrected chi connectivity index (χ3v) is 4.39. The highest BCUT2D eigenvalue weighted by Crippen LogP contribution is 2.15. The molecule has 2 heteroatoms. The molecule has 0 aliphatic carbocycles. The van der Waals surface area contributed by atoms with Crippen LogP contribution in [0.3, 0.4) is 0 Å². The molecule has 1 aromatic carbocycles. The van der Waals surface area contributed by atoms with Crippen molar-refractivity contribution in [3.05, 3.63) is 35.9 Å². The Bertz CT molecular complexity index is 363. The summed E-state index contributed by atoms with van der Waals surface area (Å²) in [7, 11) is 0. The predicted octanol–water partition coefficient (Wildman–Crippen LogP) is 3.82. The van der Waals surface area contributed by atoms with Gasteiger partial charge in [-0.05, 0) is 24.8 Å². The van der Waals surface area contributed by atoms with Crippen LogP contribution < -0.4 is 5.32 Å². The molecule has 1 aliphatic rings. The van der Waals surface area contributed by atoms with Crippen LogP contribution in [0.5, 0.6) is 0 Å². The van der Waals surface area contributed by atoms with E-state index in [0.717, 1.165) is 12.6 Å². The molecule has 2 nitrogen and oxygen atoms in total. The number of nitrogens with zero attached hydrogens (tertiary/aromatic N) is 1. The van der Waals surface area contributed by atoms with Crippen molar-refractivity contribution < 1.29 is 0 Å². The average molecular weight is 274 g/mol. The van der Waals surface area contributed by atoms with Crippen LogP contribution in [0.1, 0.15) is 51.5 Å². The van der Waals surface area contributed by atoms with Crippen LogP contribution in [0.4, 0.5) is 0 Å². The van der Waals surface area contributed by atoms with E-state index in [4.69, 9.17) is 0 Å². The SMILES string of the molecule is CCCCC(CC)NC1CCN(Cc2ccccc2)C1. The molecule has 0 amide bonds. The van der Waals surface area contributed by atoms with Crippen LogP contribution in [-0.2, 0) is 6.54 Å². The van der Waals surface area contributed by atoms with Gasteiger partial charge in [0.1, 0.15) is 0 Å². The van der Waals surface area contributed by atoms with Crippen LogP contribution in [0.15, 0.2) is 30.3 Å². The van der Waals surface area contributed by atoms with E-state index in [0.29, 0.717) is 6.04 Å². The van der Waals surface area contributed by atoms with Crippen molar-refractivity contribution in [2.24, 2.45) is 0 Å². The molecule has 0 saturated carbocycles. The van der Waals surface area contributed by atoms with Gasteiger partial charge in [-0.25, -0.2) is 0 Å². The fraction of sp³-hybridized carbons (Fsp3) is 0.667. The number of likely N-dealkylation sites (tertiary alicyclic amines) is 1. The first-order valence-corrected chi connectivity index (χ1v) is 8.34. The number of hydrogen-bond acceptors (Lipinski definition) is 2. The fourth-order valence-electron chi connectivity index (χ4n) is 3.14. The molecule has 1 saturated heterocycles. The Balaban J connectivity index is 1.74. The topological polar surface area (TPSA) is 15.3 Å². The largest absolute Gasteiger partial charge is 0.310 e. The van der Waals surface area contributed by atoms with E-state index in [1.807, 2.05) is 0 Å². The molecule has 0 aromatic heterocycles. The molecule has 2 unspecified atom stereocenters. The molecule has 112 valence electrons.